The second kappa shape index (κ2) is 4.13. The third kappa shape index (κ3) is 1.76. The van der Waals surface area contributed by atoms with Crippen LogP contribution in [-0.4, -0.2) is 10.8 Å². The summed E-state index contributed by atoms with van der Waals surface area (Å²) in [5, 5.41) is 0. The minimum absolute atomic E-state index is 0.0638. The molecule has 84 valence electrons. The van der Waals surface area contributed by atoms with Crippen molar-refractivity contribution in [3.63, 3.8) is 0 Å². The fraction of sp³-hybridized carbons (Fsp3) is 0.200. The topological polar surface area (TPSA) is 30.0 Å². The molecule has 0 spiro atoms. The van der Waals surface area contributed by atoms with Gasteiger partial charge in [-0.15, -0.1) is 0 Å². The molecule has 1 aliphatic rings. The van der Waals surface area contributed by atoms with Crippen LogP contribution in [0, 0.1) is 0 Å². The van der Waals surface area contributed by atoms with Gasteiger partial charge in [0.2, 0.25) is 0 Å². The van der Waals surface area contributed by atoms with E-state index in [0.29, 0.717) is 0 Å². The molecule has 1 aromatic heterocycles. The van der Waals surface area contributed by atoms with Gasteiger partial charge in [-0.1, -0.05) is 30.3 Å². The number of aryl methyl sites for hydroxylation is 1. The number of benzene rings is 1. The zero-order valence-electron chi connectivity index (χ0n) is 9.47. The van der Waals surface area contributed by atoms with Crippen LogP contribution in [0.5, 0.6) is 0 Å². The number of carbonyl (C=O) groups excluding carboxylic acids is 1. The van der Waals surface area contributed by atoms with Crippen molar-refractivity contribution in [3.8, 4) is 0 Å². The molecule has 2 heteroatoms. The van der Waals surface area contributed by atoms with Gasteiger partial charge in [-0.25, -0.2) is 0 Å². The van der Waals surface area contributed by atoms with Crippen LogP contribution in [0.4, 0.5) is 0 Å². The first-order chi connectivity index (χ1) is 8.36. The molecule has 1 heterocycles. The molecule has 0 saturated heterocycles. The molecule has 0 amide bonds. The standard InChI is InChI=1S/C15H13NO/c17-15-12-6-2-1-5-11(12)8-9-13(15)14-7-3-4-10-16-14/h1-7,10,13H,8-9H2. The lowest BCUT2D eigenvalue weighted by atomic mass is 9.81. The van der Waals surface area contributed by atoms with E-state index in [0.717, 1.165) is 24.1 Å². The highest BCUT2D eigenvalue weighted by molar-refractivity contribution is 6.02. The number of ketones is 1. The number of rotatable bonds is 1. The van der Waals surface area contributed by atoms with Gasteiger partial charge in [-0.3, -0.25) is 9.78 Å². The average Bonchev–Trinajstić information content (AvgIpc) is 2.40. The Morgan fingerprint density at radius 1 is 1.06 bits per heavy atom. The molecule has 3 rings (SSSR count). The molecule has 0 fully saturated rings. The number of pyridine rings is 1. The highest BCUT2D eigenvalue weighted by Gasteiger charge is 2.28. The van der Waals surface area contributed by atoms with Crippen molar-refractivity contribution in [2.24, 2.45) is 0 Å². The number of hydrogen-bond donors (Lipinski definition) is 0. The molecule has 1 unspecified atom stereocenters. The number of nitrogens with zero attached hydrogens (tertiary/aromatic N) is 1. The summed E-state index contributed by atoms with van der Waals surface area (Å²) in [6.07, 6.45) is 3.58. The van der Waals surface area contributed by atoms with Crippen LogP contribution in [0.25, 0.3) is 0 Å². The summed E-state index contributed by atoms with van der Waals surface area (Å²) in [5.41, 5.74) is 2.94. The van der Waals surface area contributed by atoms with E-state index in [-0.39, 0.29) is 11.7 Å². The lowest BCUT2D eigenvalue weighted by Crippen LogP contribution is -2.21. The molecule has 2 aromatic rings. The maximum Gasteiger partial charge on any atom is 0.172 e. The summed E-state index contributed by atoms with van der Waals surface area (Å²) in [7, 11) is 0. The van der Waals surface area contributed by atoms with Gasteiger partial charge in [0.05, 0.1) is 11.6 Å². The van der Waals surface area contributed by atoms with Crippen LogP contribution in [0.1, 0.15) is 34.0 Å². The van der Waals surface area contributed by atoms with Gasteiger partial charge in [0, 0.05) is 11.8 Å². The largest absolute Gasteiger partial charge is 0.293 e. The minimum Gasteiger partial charge on any atom is -0.293 e. The first-order valence-electron chi connectivity index (χ1n) is 5.89. The van der Waals surface area contributed by atoms with Crippen LogP contribution in [0.15, 0.2) is 48.7 Å². The summed E-state index contributed by atoms with van der Waals surface area (Å²) in [5.74, 6) is 0.150. The van der Waals surface area contributed by atoms with Crippen LogP contribution >= 0.6 is 0 Å². The highest BCUT2D eigenvalue weighted by Crippen LogP contribution is 2.31. The van der Waals surface area contributed by atoms with E-state index in [9.17, 15) is 4.79 Å². The van der Waals surface area contributed by atoms with E-state index >= 15 is 0 Å². The fourth-order valence-electron chi connectivity index (χ4n) is 2.46. The van der Waals surface area contributed by atoms with Crippen molar-refractivity contribution in [2.45, 2.75) is 18.8 Å². The van der Waals surface area contributed by atoms with Gasteiger partial charge >= 0.3 is 0 Å². The van der Waals surface area contributed by atoms with E-state index in [4.69, 9.17) is 0 Å². The molecule has 0 aliphatic heterocycles. The summed E-state index contributed by atoms with van der Waals surface area (Å²) in [4.78, 5) is 16.7. The summed E-state index contributed by atoms with van der Waals surface area (Å²) < 4.78 is 0. The van der Waals surface area contributed by atoms with Crippen molar-refractivity contribution in [1.29, 1.82) is 0 Å². The zero-order valence-corrected chi connectivity index (χ0v) is 9.47. The van der Waals surface area contributed by atoms with Crippen molar-refractivity contribution in [2.75, 3.05) is 0 Å². The molecular weight excluding hydrogens is 210 g/mol. The molecule has 1 aromatic carbocycles. The van der Waals surface area contributed by atoms with E-state index in [1.54, 1.807) is 6.20 Å². The van der Waals surface area contributed by atoms with Gasteiger partial charge in [-0.05, 0) is 30.5 Å². The van der Waals surface area contributed by atoms with Crippen LogP contribution in [-0.2, 0) is 6.42 Å². The molecule has 2 nitrogen and oxygen atoms in total. The number of fused-ring (bicyclic) bond motifs is 1. The Balaban J connectivity index is 2.00. The Kier molecular flexibility index (Phi) is 2.48. The Bertz CT molecular complexity index is 548. The van der Waals surface area contributed by atoms with Crippen LogP contribution < -0.4 is 0 Å². The third-order valence-electron chi connectivity index (χ3n) is 3.35. The predicted octanol–water partition coefficient (Wildman–Crippen LogP) is 2.99. The summed E-state index contributed by atoms with van der Waals surface area (Å²) in [6.45, 7) is 0. The lowest BCUT2D eigenvalue weighted by Gasteiger charge is -2.22. The smallest absolute Gasteiger partial charge is 0.172 e. The first kappa shape index (κ1) is 10.2. The summed E-state index contributed by atoms with van der Waals surface area (Å²) in [6, 6.07) is 13.6. The van der Waals surface area contributed by atoms with Gasteiger partial charge in [0.25, 0.3) is 0 Å². The number of hydrogen-bond acceptors (Lipinski definition) is 2. The Morgan fingerprint density at radius 3 is 2.71 bits per heavy atom. The summed E-state index contributed by atoms with van der Waals surface area (Å²) >= 11 is 0. The minimum atomic E-state index is -0.0638. The normalized spacial score (nSPS) is 18.8. The molecular formula is C15H13NO. The number of carbonyl (C=O) groups is 1. The van der Waals surface area contributed by atoms with E-state index in [1.807, 2.05) is 42.5 Å². The van der Waals surface area contributed by atoms with Crippen LogP contribution in [0.3, 0.4) is 0 Å². The molecule has 0 bridgehead atoms. The Labute approximate surface area is 100 Å². The lowest BCUT2D eigenvalue weighted by molar-refractivity contribution is 0.0944. The van der Waals surface area contributed by atoms with Gasteiger partial charge in [0.15, 0.2) is 5.78 Å². The van der Waals surface area contributed by atoms with Crippen molar-refractivity contribution in [1.82, 2.24) is 4.98 Å². The van der Waals surface area contributed by atoms with Crippen molar-refractivity contribution < 1.29 is 4.79 Å². The SMILES string of the molecule is O=C1c2ccccc2CCC1c1ccccn1. The maximum atomic E-state index is 12.4. The third-order valence-corrected chi connectivity index (χ3v) is 3.35. The average molecular weight is 223 g/mol. The molecule has 17 heavy (non-hydrogen) atoms. The van der Waals surface area contributed by atoms with Crippen molar-refractivity contribution in [3.05, 3.63) is 65.5 Å². The predicted molar refractivity (Wildman–Crippen MR) is 66.1 cm³/mol. The molecule has 1 atom stereocenters. The monoisotopic (exact) mass is 223 g/mol. The maximum absolute atomic E-state index is 12.4. The van der Waals surface area contributed by atoms with E-state index in [2.05, 4.69) is 4.98 Å². The van der Waals surface area contributed by atoms with E-state index in [1.165, 1.54) is 5.56 Å². The highest BCUT2D eigenvalue weighted by atomic mass is 16.1. The molecule has 0 N–H and O–H groups in total. The first-order valence-corrected chi connectivity index (χ1v) is 5.89. The zero-order chi connectivity index (χ0) is 11.7. The fourth-order valence-corrected chi connectivity index (χ4v) is 2.46. The van der Waals surface area contributed by atoms with Crippen molar-refractivity contribution >= 4 is 5.78 Å². The van der Waals surface area contributed by atoms with Crippen LogP contribution in [0.2, 0.25) is 0 Å². The molecule has 1 aliphatic carbocycles. The second-order valence-electron chi connectivity index (χ2n) is 4.37. The molecule has 0 radical (unpaired) electrons. The van der Waals surface area contributed by atoms with Gasteiger partial charge in [-0.2, -0.15) is 0 Å². The molecule has 0 saturated carbocycles. The van der Waals surface area contributed by atoms with Gasteiger partial charge in [0.1, 0.15) is 0 Å². The Morgan fingerprint density at radius 2 is 1.88 bits per heavy atom. The number of Topliss-reactive ketones (excluding diaryl/α,β-unsaturated/α-hetero) is 1. The van der Waals surface area contributed by atoms with E-state index < -0.39 is 0 Å². The quantitative estimate of drug-likeness (QED) is 0.744. The number of aromatic nitrogens is 1. The second-order valence-corrected chi connectivity index (χ2v) is 4.37. The Hall–Kier alpha value is -1.96. The van der Waals surface area contributed by atoms with Gasteiger partial charge < -0.3 is 0 Å².